The molecule has 20 heavy (non-hydrogen) atoms. The van der Waals surface area contributed by atoms with Crippen LogP contribution >= 0.6 is 0 Å². The van der Waals surface area contributed by atoms with Gasteiger partial charge >= 0.3 is 5.97 Å². The molecule has 0 radical (unpaired) electrons. The smallest absolute Gasteiger partial charge is 0.310 e. The molecule has 2 saturated heterocycles. The second-order valence-electron chi connectivity index (χ2n) is 6.20. The number of carbonyl (C=O) groups excluding carboxylic acids is 1. The van der Waals surface area contributed by atoms with Gasteiger partial charge in [-0.25, -0.2) is 0 Å². The maximum Gasteiger partial charge on any atom is 0.310 e. The van der Waals surface area contributed by atoms with Gasteiger partial charge in [0.15, 0.2) is 0 Å². The third-order valence-corrected chi connectivity index (χ3v) is 5.21. The molecule has 4 atom stereocenters. The molecule has 2 aliphatic heterocycles. The van der Waals surface area contributed by atoms with Crippen molar-refractivity contribution in [1.82, 2.24) is 4.90 Å². The zero-order valence-corrected chi connectivity index (χ0v) is 12.3. The van der Waals surface area contributed by atoms with Crippen molar-refractivity contribution in [2.75, 3.05) is 14.2 Å². The molecule has 0 N–H and O–H groups in total. The van der Waals surface area contributed by atoms with Crippen molar-refractivity contribution in [3.8, 4) is 0 Å². The minimum atomic E-state index is -0.0249. The Balaban J connectivity index is 1.82. The first kappa shape index (κ1) is 13.6. The van der Waals surface area contributed by atoms with E-state index in [1.54, 1.807) is 0 Å². The first-order chi connectivity index (χ1) is 9.70. The Kier molecular flexibility index (Phi) is 3.79. The van der Waals surface area contributed by atoms with E-state index in [-0.39, 0.29) is 11.9 Å². The van der Waals surface area contributed by atoms with Gasteiger partial charge in [0.05, 0.1) is 13.0 Å². The number of hydrogen-bond donors (Lipinski definition) is 0. The molecule has 1 unspecified atom stereocenters. The standard InChI is InChI=1S/C17H23NO2/c1-18-14-8-9-15(18)16(17(19)20-2)13(11-14)10-12-6-4-3-5-7-12/h3-7,13-16H,8-11H2,1-2H3/t13-,14?,15+,16+/m0/s1. The lowest BCUT2D eigenvalue weighted by atomic mass is 9.77. The van der Waals surface area contributed by atoms with Gasteiger partial charge in [0.25, 0.3) is 0 Å². The molecule has 0 amide bonds. The van der Waals surface area contributed by atoms with Gasteiger partial charge in [-0.1, -0.05) is 30.3 Å². The summed E-state index contributed by atoms with van der Waals surface area (Å²) in [6.45, 7) is 0. The van der Waals surface area contributed by atoms with Gasteiger partial charge in [-0.05, 0) is 44.2 Å². The summed E-state index contributed by atoms with van der Waals surface area (Å²) in [5.41, 5.74) is 1.33. The van der Waals surface area contributed by atoms with E-state index in [1.807, 2.05) is 6.07 Å². The van der Waals surface area contributed by atoms with Crippen molar-refractivity contribution in [2.24, 2.45) is 11.8 Å². The second-order valence-corrected chi connectivity index (χ2v) is 6.20. The number of nitrogens with zero attached hydrogens (tertiary/aromatic N) is 1. The summed E-state index contributed by atoms with van der Waals surface area (Å²) in [6.07, 6.45) is 4.45. The van der Waals surface area contributed by atoms with Gasteiger partial charge in [-0.2, -0.15) is 0 Å². The molecular formula is C17H23NO2. The molecule has 108 valence electrons. The van der Waals surface area contributed by atoms with Gasteiger partial charge in [0.1, 0.15) is 0 Å². The highest BCUT2D eigenvalue weighted by atomic mass is 16.5. The van der Waals surface area contributed by atoms with E-state index in [1.165, 1.54) is 19.1 Å². The lowest BCUT2D eigenvalue weighted by molar-refractivity contribution is -0.152. The largest absolute Gasteiger partial charge is 0.469 e. The van der Waals surface area contributed by atoms with Crippen LogP contribution in [0.1, 0.15) is 24.8 Å². The van der Waals surface area contributed by atoms with Crippen molar-refractivity contribution in [1.29, 1.82) is 0 Å². The molecule has 2 fully saturated rings. The average Bonchev–Trinajstić information content (AvgIpc) is 2.72. The van der Waals surface area contributed by atoms with E-state index in [4.69, 9.17) is 4.74 Å². The first-order valence-electron chi connectivity index (χ1n) is 7.54. The van der Waals surface area contributed by atoms with Crippen molar-refractivity contribution < 1.29 is 9.53 Å². The fraction of sp³-hybridized carbons (Fsp3) is 0.588. The van der Waals surface area contributed by atoms with Crippen LogP contribution in [0, 0.1) is 11.8 Å². The molecule has 1 aromatic rings. The Hall–Kier alpha value is -1.35. The molecule has 3 heteroatoms. The maximum atomic E-state index is 12.3. The van der Waals surface area contributed by atoms with E-state index >= 15 is 0 Å². The Bertz CT molecular complexity index is 473. The predicted molar refractivity (Wildman–Crippen MR) is 78.3 cm³/mol. The molecule has 2 heterocycles. The van der Waals surface area contributed by atoms with Gasteiger partial charge < -0.3 is 4.74 Å². The summed E-state index contributed by atoms with van der Waals surface area (Å²) in [5, 5.41) is 0. The number of benzene rings is 1. The number of esters is 1. The number of piperidine rings is 1. The third kappa shape index (κ3) is 2.35. The number of hydrogen-bond acceptors (Lipinski definition) is 3. The summed E-state index contributed by atoms with van der Waals surface area (Å²) in [4.78, 5) is 14.7. The van der Waals surface area contributed by atoms with Crippen molar-refractivity contribution in [3.05, 3.63) is 35.9 Å². The topological polar surface area (TPSA) is 29.5 Å². The van der Waals surface area contributed by atoms with Crippen LogP contribution in [0.5, 0.6) is 0 Å². The monoisotopic (exact) mass is 273 g/mol. The minimum Gasteiger partial charge on any atom is -0.469 e. The summed E-state index contributed by atoms with van der Waals surface area (Å²) < 4.78 is 5.09. The Morgan fingerprint density at radius 3 is 2.75 bits per heavy atom. The second kappa shape index (κ2) is 5.57. The van der Waals surface area contributed by atoms with Gasteiger partial charge in [-0.15, -0.1) is 0 Å². The normalized spacial score (nSPS) is 33.1. The Morgan fingerprint density at radius 1 is 1.30 bits per heavy atom. The highest BCUT2D eigenvalue weighted by Gasteiger charge is 2.48. The summed E-state index contributed by atoms with van der Waals surface area (Å²) >= 11 is 0. The molecule has 1 aromatic carbocycles. The zero-order valence-electron chi connectivity index (χ0n) is 12.3. The molecule has 3 rings (SSSR count). The van der Waals surface area contributed by atoms with Crippen LogP contribution in [0.2, 0.25) is 0 Å². The van der Waals surface area contributed by atoms with Crippen molar-refractivity contribution in [3.63, 3.8) is 0 Å². The van der Waals surface area contributed by atoms with Crippen molar-refractivity contribution >= 4 is 5.97 Å². The van der Waals surface area contributed by atoms with Crippen LogP contribution in [0.25, 0.3) is 0 Å². The number of rotatable bonds is 3. The number of carbonyl (C=O) groups is 1. The minimum absolute atomic E-state index is 0.0249. The number of ether oxygens (including phenoxy) is 1. The molecule has 0 aliphatic carbocycles. The maximum absolute atomic E-state index is 12.3. The van der Waals surface area contributed by atoms with E-state index in [0.29, 0.717) is 18.0 Å². The van der Waals surface area contributed by atoms with Gasteiger partial charge in [-0.3, -0.25) is 9.69 Å². The predicted octanol–water partition coefficient (Wildman–Crippen LogP) is 2.50. The zero-order chi connectivity index (χ0) is 14.1. The highest BCUT2D eigenvalue weighted by Crippen LogP contribution is 2.43. The Labute approximate surface area is 120 Å². The molecule has 2 aliphatic rings. The highest BCUT2D eigenvalue weighted by molar-refractivity contribution is 5.74. The fourth-order valence-electron chi connectivity index (χ4n) is 4.18. The van der Waals surface area contributed by atoms with E-state index < -0.39 is 0 Å². The molecule has 0 saturated carbocycles. The van der Waals surface area contributed by atoms with E-state index in [0.717, 1.165) is 19.3 Å². The van der Waals surface area contributed by atoms with Crippen LogP contribution in [0.15, 0.2) is 30.3 Å². The van der Waals surface area contributed by atoms with Crippen LogP contribution < -0.4 is 0 Å². The molecule has 3 nitrogen and oxygen atoms in total. The van der Waals surface area contributed by atoms with E-state index in [9.17, 15) is 4.79 Å². The third-order valence-electron chi connectivity index (χ3n) is 5.21. The SMILES string of the molecule is COC(=O)[C@@H]1[C@@H](Cc2ccccc2)CC2CC[C@H]1N2C. The quantitative estimate of drug-likeness (QED) is 0.793. The fourth-order valence-corrected chi connectivity index (χ4v) is 4.18. The average molecular weight is 273 g/mol. The van der Waals surface area contributed by atoms with Crippen LogP contribution in [-0.2, 0) is 16.0 Å². The van der Waals surface area contributed by atoms with Gasteiger partial charge in [0, 0.05) is 12.1 Å². The van der Waals surface area contributed by atoms with Crippen LogP contribution in [0.3, 0.4) is 0 Å². The molecular weight excluding hydrogens is 250 g/mol. The number of methoxy groups -OCH3 is 1. The summed E-state index contributed by atoms with van der Waals surface area (Å²) in [7, 11) is 3.68. The molecule has 0 spiro atoms. The molecule has 0 aromatic heterocycles. The van der Waals surface area contributed by atoms with E-state index in [2.05, 4.69) is 36.2 Å². The summed E-state index contributed by atoms with van der Waals surface area (Å²) in [5.74, 6) is 0.422. The Morgan fingerprint density at radius 2 is 2.05 bits per heavy atom. The number of fused-ring (bicyclic) bond motifs is 2. The first-order valence-corrected chi connectivity index (χ1v) is 7.54. The summed E-state index contributed by atoms with van der Waals surface area (Å²) in [6, 6.07) is 11.5. The lowest BCUT2D eigenvalue weighted by Crippen LogP contribution is -2.50. The van der Waals surface area contributed by atoms with Crippen LogP contribution in [0.4, 0.5) is 0 Å². The van der Waals surface area contributed by atoms with Crippen LogP contribution in [-0.4, -0.2) is 37.1 Å². The molecule has 2 bridgehead atoms. The van der Waals surface area contributed by atoms with Crippen molar-refractivity contribution in [2.45, 2.75) is 37.8 Å². The van der Waals surface area contributed by atoms with Gasteiger partial charge in [0.2, 0.25) is 0 Å². The lowest BCUT2D eigenvalue weighted by Gasteiger charge is -2.41.